The number of methoxy groups -OCH3 is 1. The Kier molecular flexibility index (Phi) is 3.87. The van der Waals surface area contributed by atoms with Crippen LogP contribution < -0.4 is 4.74 Å². The lowest BCUT2D eigenvalue weighted by Crippen LogP contribution is -2.11. The Morgan fingerprint density at radius 1 is 1.27 bits per heavy atom. The molecule has 118 valence electrons. The summed E-state index contributed by atoms with van der Waals surface area (Å²) in [5.74, 6) is -0.784. The lowest BCUT2D eigenvalue weighted by Gasteiger charge is -2.22. The number of nitrogens with zero attached hydrogens (tertiary/aromatic N) is 2. The van der Waals surface area contributed by atoms with Crippen molar-refractivity contribution in [2.24, 2.45) is 7.05 Å². The molecule has 0 saturated carbocycles. The van der Waals surface area contributed by atoms with Crippen molar-refractivity contribution in [1.82, 2.24) is 9.78 Å². The Morgan fingerprint density at radius 3 is 2.36 bits per heavy atom. The van der Waals surface area contributed by atoms with Crippen LogP contribution in [-0.2, 0) is 12.5 Å². The van der Waals surface area contributed by atoms with E-state index in [4.69, 9.17) is 9.84 Å². The number of carbonyl (C=O) groups is 1. The molecule has 0 fully saturated rings. The van der Waals surface area contributed by atoms with Crippen molar-refractivity contribution >= 4 is 5.97 Å². The van der Waals surface area contributed by atoms with Gasteiger partial charge in [0.1, 0.15) is 0 Å². The number of rotatable bonds is 3. The Hall–Kier alpha value is -2.50. The first-order valence-corrected chi connectivity index (χ1v) is 6.84. The summed E-state index contributed by atoms with van der Waals surface area (Å²) in [5, 5.41) is 23.3. The van der Waals surface area contributed by atoms with Crippen LogP contribution in [0.5, 0.6) is 11.5 Å². The molecule has 0 radical (unpaired) electrons. The lowest BCUT2D eigenvalue weighted by molar-refractivity contribution is 0.0689. The van der Waals surface area contributed by atoms with E-state index in [9.17, 15) is 9.90 Å². The fourth-order valence-electron chi connectivity index (χ4n) is 2.28. The van der Waals surface area contributed by atoms with E-state index < -0.39 is 5.97 Å². The quantitative estimate of drug-likeness (QED) is 0.911. The first kappa shape index (κ1) is 15.9. The zero-order chi connectivity index (χ0) is 16.7. The molecule has 1 aromatic carbocycles. The summed E-state index contributed by atoms with van der Waals surface area (Å²) >= 11 is 0. The van der Waals surface area contributed by atoms with Crippen LogP contribution in [0.4, 0.5) is 0 Å². The lowest BCUT2D eigenvalue weighted by atomic mass is 9.85. The van der Waals surface area contributed by atoms with E-state index in [1.54, 1.807) is 13.1 Å². The number of hydrogen-bond donors (Lipinski definition) is 2. The third kappa shape index (κ3) is 2.77. The van der Waals surface area contributed by atoms with Gasteiger partial charge >= 0.3 is 5.97 Å². The second-order valence-corrected chi connectivity index (χ2v) is 6.17. The zero-order valence-electron chi connectivity index (χ0n) is 13.3. The number of carboxylic acid groups (broad SMARTS) is 1. The molecule has 2 rings (SSSR count). The van der Waals surface area contributed by atoms with Gasteiger partial charge in [-0.05, 0) is 29.2 Å². The third-order valence-corrected chi connectivity index (χ3v) is 3.51. The topological polar surface area (TPSA) is 84.6 Å². The number of ether oxygens (including phenoxy) is 1. The maximum Gasteiger partial charge on any atom is 0.356 e. The second-order valence-electron chi connectivity index (χ2n) is 6.17. The monoisotopic (exact) mass is 304 g/mol. The highest BCUT2D eigenvalue weighted by Crippen LogP contribution is 2.41. The predicted octanol–water partition coefficient (Wildman–Crippen LogP) is 2.80. The zero-order valence-corrected chi connectivity index (χ0v) is 13.3. The number of phenols is 1. The Bertz CT molecular complexity index is 726. The van der Waals surface area contributed by atoms with Crippen LogP contribution in [0.15, 0.2) is 18.2 Å². The summed E-state index contributed by atoms with van der Waals surface area (Å²) in [6.45, 7) is 6.10. The van der Waals surface area contributed by atoms with Crippen LogP contribution in [0.25, 0.3) is 11.3 Å². The minimum Gasteiger partial charge on any atom is -0.504 e. The highest BCUT2D eigenvalue weighted by molar-refractivity contribution is 5.87. The van der Waals surface area contributed by atoms with E-state index in [-0.39, 0.29) is 16.9 Å². The number of aromatic hydroxyl groups is 1. The van der Waals surface area contributed by atoms with Crippen molar-refractivity contribution in [3.05, 3.63) is 29.5 Å². The van der Waals surface area contributed by atoms with E-state index in [2.05, 4.69) is 5.10 Å². The molecular weight excluding hydrogens is 284 g/mol. The fourth-order valence-corrected chi connectivity index (χ4v) is 2.28. The molecule has 0 aliphatic carbocycles. The van der Waals surface area contributed by atoms with Crippen molar-refractivity contribution in [2.45, 2.75) is 26.2 Å². The molecule has 0 bridgehead atoms. The third-order valence-electron chi connectivity index (χ3n) is 3.51. The van der Waals surface area contributed by atoms with Crippen LogP contribution in [0.3, 0.4) is 0 Å². The van der Waals surface area contributed by atoms with Crippen LogP contribution in [0, 0.1) is 0 Å². The van der Waals surface area contributed by atoms with E-state index in [1.807, 2.05) is 26.8 Å². The summed E-state index contributed by atoms with van der Waals surface area (Å²) < 4.78 is 6.75. The van der Waals surface area contributed by atoms with Crippen LogP contribution in [0.2, 0.25) is 0 Å². The van der Waals surface area contributed by atoms with Gasteiger partial charge in [-0.15, -0.1) is 0 Å². The van der Waals surface area contributed by atoms with Gasteiger partial charge in [-0.2, -0.15) is 5.10 Å². The van der Waals surface area contributed by atoms with Crippen molar-refractivity contribution < 1.29 is 19.7 Å². The fraction of sp³-hybridized carbons (Fsp3) is 0.375. The van der Waals surface area contributed by atoms with E-state index in [0.29, 0.717) is 17.0 Å². The standard InChI is InChI=1S/C16H20N2O4/c1-16(2,3)9-6-10(14(22-5)13(19)7-9)12-8-11(15(20)21)17-18(12)4/h6-8,19H,1-5H3,(H,20,21). The molecule has 0 saturated heterocycles. The highest BCUT2D eigenvalue weighted by Gasteiger charge is 2.22. The van der Waals surface area contributed by atoms with E-state index >= 15 is 0 Å². The number of hydrogen-bond acceptors (Lipinski definition) is 4. The molecule has 0 spiro atoms. The minimum atomic E-state index is -1.10. The highest BCUT2D eigenvalue weighted by atomic mass is 16.5. The Morgan fingerprint density at radius 2 is 1.91 bits per heavy atom. The second kappa shape index (κ2) is 5.36. The number of aryl methyl sites for hydroxylation is 1. The number of aromatic carboxylic acids is 1. The normalized spacial score (nSPS) is 11.5. The average molecular weight is 304 g/mol. The maximum atomic E-state index is 11.1. The van der Waals surface area contributed by atoms with Crippen LogP contribution in [-0.4, -0.2) is 33.1 Å². The SMILES string of the molecule is COc1c(O)cc(C(C)(C)C)cc1-c1cc(C(=O)O)nn1C. The molecule has 0 aliphatic heterocycles. The first-order chi connectivity index (χ1) is 10.1. The molecule has 0 unspecified atom stereocenters. The smallest absolute Gasteiger partial charge is 0.356 e. The Balaban J connectivity index is 2.73. The summed E-state index contributed by atoms with van der Waals surface area (Å²) in [6.07, 6.45) is 0. The molecule has 2 aromatic rings. The first-order valence-electron chi connectivity index (χ1n) is 6.84. The van der Waals surface area contributed by atoms with Gasteiger partial charge < -0.3 is 14.9 Å². The molecule has 6 nitrogen and oxygen atoms in total. The molecular formula is C16H20N2O4. The largest absolute Gasteiger partial charge is 0.504 e. The molecule has 1 aromatic heterocycles. The van der Waals surface area contributed by atoms with E-state index in [1.165, 1.54) is 17.9 Å². The van der Waals surface area contributed by atoms with Crippen LogP contribution in [0.1, 0.15) is 36.8 Å². The van der Waals surface area contributed by atoms with E-state index in [0.717, 1.165) is 5.56 Å². The van der Waals surface area contributed by atoms with Gasteiger partial charge in [-0.1, -0.05) is 20.8 Å². The maximum absolute atomic E-state index is 11.1. The van der Waals surface area contributed by atoms with Crippen molar-refractivity contribution in [2.75, 3.05) is 7.11 Å². The Labute approximate surface area is 129 Å². The number of benzene rings is 1. The van der Waals surface area contributed by atoms with Crippen molar-refractivity contribution in [1.29, 1.82) is 0 Å². The summed E-state index contributed by atoms with van der Waals surface area (Å²) in [4.78, 5) is 11.1. The van der Waals surface area contributed by atoms with Gasteiger partial charge in [0.2, 0.25) is 0 Å². The average Bonchev–Trinajstić information content (AvgIpc) is 2.79. The number of phenolic OH excluding ortho intramolecular Hbond substituents is 1. The summed E-state index contributed by atoms with van der Waals surface area (Å²) in [5.41, 5.74) is 1.86. The van der Waals surface area contributed by atoms with Gasteiger partial charge in [-0.25, -0.2) is 4.79 Å². The molecule has 0 amide bonds. The van der Waals surface area contributed by atoms with Gasteiger partial charge in [0.25, 0.3) is 0 Å². The van der Waals surface area contributed by atoms with Gasteiger partial charge in [0.05, 0.1) is 12.8 Å². The number of aromatic nitrogens is 2. The molecule has 6 heteroatoms. The number of carboxylic acids is 1. The summed E-state index contributed by atoms with van der Waals surface area (Å²) in [7, 11) is 3.12. The molecule has 1 heterocycles. The minimum absolute atomic E-state index is 0.0167. The molecule has 0 aliphatic rings. The van der Waals surface area contributed by atoms with Gasteiger partial charge in [-0.3, -0.25) is 4.68 Å². The summed E-state index contributed by atoms with van der Waals surface area (Å²) in [6, 6.07) is 5.02. The molecule has 0 atom stereocenters. The van der Waals surface area contributed by atoms with Crippen LogP contribution >= 0.6 is 0 Å². The predicted molar refractivity (Wildman–Crippen MR) is 82.5 cm³/mol. The van der Waals surface area contributed by atoms with Crippen molar-refractivity contribution in [3.63, 3.8) is 0 Å². The molecule has 22 heavy (non-hydrogen) atoms. The van der Waals surface area contributed by atoms with Gasteiger partial charge in [0, 0.05) is 12.6 Å². The molecule has 2 N–H and O–H groups in total. The van der Waals surface area contributed by atoms with Gasteiger partial charge in [0.15, 0.2) is 17.2 Å². The van der Waals surface area contributed by atoms with Crippen molar-refractivity contribution in [3.8, 4) is 22.8 Å².